The largest absolute Gasteiger partial charge is 0.411 e. The average Bonchev–Trinajstić information content (AvgIpc) is 2.78. The molecule has 1 aliphatic rings. The number of halogens is 3. The van der Waals surface area contributed by atoms with Gasteiger partial charge in [-0.2, -0.15) is 13.2 Å². The molecular formula is C12H12F3NO2. The molecule has 1 aliphatic heterocycles. The summed E-state index contributed by atoms with van der Waals surface area (Å²) in [5, 5.41) is 11.4. The van der Waals surface area contributed by atoms with Gasteiger partial charge >= 0.3 is 6.18 Å². The number of benzene rings is 1. The summed E-state index contributed by atoms with van der Waals surface area (Å²) in [6.07, 6.45) is -3.15. The van der Waals surface area contributed by atoms with Crippen LogP contribution in [-0.4, -0.2) is 30.8 Å². The van der Waals surface area contributed by atoms with Gasteiger partial charge in [0.1, 0.15) is 0 Å². The van der Waals surface area contributed by atoms with Gasteiger partial charge < -0.3 is 9.94 Å². The number of oxime groups is 1. The van der Waals surface area contributed by atoms with Crippen molar-refractivity contribution in [1.82, 2.24) is 0 Å². The van der Waals surface area contributed by atoms with Crippen LogP contribution in [0.4, 0.5) is 13.2 Å². The van der Waals surface area contributed by atoms with Crippen LogP contribution in [0.25, 0.3) is 0 Å². The van der Waals surface area contributed by atoms with E-state index >= 15 is 0 Å². The van der Waals surface area contributed by atoms with Crippen molar-refractivity contribution in [1.29, 1.82) is 0 Å². The van der Waals surface area contributed by atoms with E-state index < -0.39 is 18.0 Å². The molecule has 98 valence electrons. The summed E-state index contributed by atoms with van der Waals surface area (Å²) in [6, 6.07) is 6.56. The minimum Gasteiger partial charge on any atom is -0.411 e. The fraction of sp³-hybridized carbons (Fsp3) is 0.417. The molecule has 1 fully saturated rings. The smallest absolute Gasteiger partial charge is 0.394 e. The Balaban J connectivity index is 2.36. The second-order valence-corrected chi connectivity index (χ2v) is 4.17. The van der Waals surface area contributed by atoms with E-state index in [2.05, 4.69) is 5.16 Å². The molecule has 0 spiro atoms. The van der Waals surface area contributed by atoms with Gasteiger partial charge in [0, 0.05) is 5.92 Å². The Morgan fingerprint density at radius 1 is 1.28 bits per heavy atom. The number of hydrogen-bond acceptors (Lipinski definition) is 3. The van der Waals surface area contributed by atoms with Crippen molar-refractivity contribution in [2.75, 3.05) is 13.2 Å². The van der Waals surface area contributed by atoms with Crippen LogP contribution in [0.2, 0.25) is 0 Å². The third-order valence-electron chi connectivity index (χ3n) is 3.09. The van der Waals surface area contributed by atoms with E-state index in [1.807, 2.05) is 0 Å². The molecule has 1 aromatic rings. The van der Waals surface area contributed by atoms with Crippen molar-refractivity contribution >= 4 is 6.21 Å². The lowest BCUT2D eigenvalue weighted by molar-refractivity contribution is -0.176. The van der Waals surface area contributed by atoms with Gasteiger partial charge in [0.25, 0.3) is 0 Å². The van der Waals surface area contributed by atoms with Gasteiger partial charge in [-0.25, -0.2) is 0 Å². The van der Waals surface area contributed by atoms with Crippen LogP contribution in [0.1, 0.15) is 17.0 Å². The van der Waals surface area contributed by atoms with Crippen LogP contribution in [0.3, 0.4) is 0 Å². The van der Waals surface area contributed by atoms with Gasteiger partial charge in [-0.15, -0.1) is 0 Å². The number of alkyl halides is 3. The molecule has 18 heavy (non-hydrogen) atoms. The van der Waals surface area contributed by atoms with Crippen molar-refractivity contribution in [2.45, 2.75) is 12.1 Å². The zero-order valence-electron chi connectivity index (χ0n) is 9.39. The van der Waals surface area contributed by atoms with Crippen molar-refractivity contribution in [3.63, 3.8) is 0 Å². The van der Waals surface area contributed by atoms with Gasteiger partial charge in [0.2, 0.25) is 0 Å². The second-order valence-electron chi connectivity index (χ2n) is 4.17. The van der Waals surface area contributed by atoms with Crippen LogP contribution >= 0.6 is 0 Å². The average molecular weight is 259 g/mol. The standard InChI is InChI=1S/C12H12F3NO2/c13-12(14,15)11-7-18-6-10(11)9-4-2-1-3-8(9)5-16-17/h1-5,10-11,17H,6-7H2. The molecule has 0 bridgehead atoms. The van der Waals surface area contributed by atoms with E-state index in [0.717, 1.165) is 6.21 Å². The summed E-state index contributed by atoms with van der Waals surface area (Å²) in [4.78, 5) is 0. The lowest BCUT2D eigenvalue weighted by Crippen LogP contribution is -2.28. The normalized spacial score (nSPS) is 24.8. The summed E-state index contributed by atoms with van der Waals surface area (Å²) < 4.78 is 43.5. The lowest BCUT2D eigenvalue weighted by Gasteiger charge is -2.21. The molecule has 0 saturated carbocycles. The Morgan fingerprint density at radius 3 is 2.67 bits per heavy atom. The Bertz CT molecular complexity index is 445. The highest BCUT2D eigenvalue weighted by atomic mass is 19.4. The van der Waals surface area contributed by atoms with Crippen LogP contribution in [-0.2, 0) is 4.74 Å². The summed E-state index contributed by atoms with van der Waals surface area (Å²) in [6.45, 7) is -0.292. The fourth-order valence-electron chi connectivity index (χ4n) is 2.21. The highest BCUT2D eigenvalue weighted by Crippen LogP contribution is 2.42. The predicted molar refractivity (Wildman–Crippen MR) is 58.9 cm³/mol. The SMILES string of the molecule is ON=Cc1ccccc1C1COCC1C(F)(F)F. The molecular weight excluding hydrogens is 247 g/mol. The highest BCUT2D eigenvalue weighted by Gasteiger charge is 2.48. The van der Waals surface area contributed by atoms with Gasteiger partial charge in [-0.05, 0) is 11.1 Å². The van der Waals surface area contributed by atoms with E-state index in [0.29, 0.717) is 11.1 Å². The minimum absolute atomic E-state index is 0.0282. The van der Waals surface area contributed by atoms with Gasteiger partial charge in [0.15, 0.2) is 0 Å². The van der Waals surface area contributed by atoms with Crippen LogP contribution in [0.15, 0.2) is 29.4 Å². The first-order chi connectivity index (χ1) is 8.54. The summed E-state index contributed by atoms with van der Waals surface area (Å²) in [5.74, 6) is -2.26. The minimum atomic E-state index is -4.29. The van der Waals surface area contributed by atoms with Gasteiger partial charge in [0.05, 0.1) is 25.3 Å². The molecule has 0 aromatic heterocycles. The zero-order chi connectivity index (χ0) is 13.2. The molecule has 0 amide bonds. The first kappa shape index (κ1) is 12.9. The third-order valence-corrected chi connectivity index (χ3v) is 3.09. The molecule has 1 aromatic carbocycles. The first-order valence-electron chi connectivity index (χ1n) is 5.45. The Morgan fingerprint density at radius 2 is 2.00 bits per heavy atom. The van der Waals surface area contributed by atoms with Crippen molar-refractivity contribution in [3.05, 3.63) is 35.4 Å². The maximum Gasteiger partial charge on any atom is 0.394 e. The van der Waals surface area contributed by atoms with E-state index in [-0.39, 0.29) is 13.2 Å². The molecule has 3 nitrogen and oxygen atoms in total. The van der Waals surface area contributed by atoms with E-state index in [9.17, 15) is 13.2 Å². The Labute approximate surface area is 102 Å². The number of ether oxygens (including phenoxy) is 1. The van der Waals surface area contributed by atoms with Crippen molar-refractivity contribution < 1.29 is 23.1 Å². The van der Waals surface area contributed by atoms with Crippen LogP contribution < -0.4 is 0 Å². The first-order valence-corrected chi connectivity index (χ1v) is 5.45. The molecule has 0 aliphatic carbocycles. The van der Waals surface area contributed by atoms with E-state index in [4.69, 9.17) is 9.94 Å². The van der Waals surface area contributed by atoms with Gasteiger partial charge in [-0.3, -0.25) is 0 Å². The molecule has 2 rings (SSSR count). The topological polar surface area (TPSA) is 41.8 Å². The molecule has 1 saturated heterocycles. The fourth-order valence-corrected chi connectivity index (χ4v) is 2.21. The Hall–Kier alpha value is -1.56. The molecule has 2 atom stereocenters. The van der Waals surface area contributed by atoms with Gasteiger partial charge in [-0.1, -0.05) is 29.4 Å². The predicted octanol–water partition coefficient (Wildman–Crippen LogP) is 2.79. The molecule has 2 unspecified atom stereocenters. The maximum absolute atomic E-state index is 12.9. The third kappa shape index (κ3) is 2.48. The quantitative estimate of drug-likeness (QED) is 0.504. The zero-order valence-corrected chi connectivity index (χ0v) is 9.39. The molecule has 0 radical (unpaired) electrons. The summed E-state index contributed by atoms with van der Waals surface area (Å²) in [5.41, 5.74) is 0.972. The monoisotopic (exact) mass is 259 g/mol. The lowest BCUT2D eigenvalue weighted by atomic mass is 9.86. The second kappa shape index (κ2) is 4.97. The maximum atomic E-state index is 12.9. The van der Waals surface area contributed by atoms with E-state index in [1.54, 1.807) is 24.3 Å². The van der Waals surface area contributed by atoms with Crippen LogP contribution in [0.5, 0.6) is 0 Å². The molecule has 1 N–H and O–H groups in total. The number of hydrogen-bond donors (Lipinski definition) is 1. The molecule has 1 heterocycles. The van der Waals surface area contributed by atoms with Crippen molar-refractivity contribution in [2.24, 2.45) is 11.1 Å². The van der Waals surface area contributed by atoms with Crippen molar-refractivity contribution in [3.8, 4) is 0 Å². The highest BCUT2D eigenvalue weighted by molar-refractivity contribution is 5.81. The van der Waals surface area contributed by atoms with E-state index in [1.165, 1.54) is 0 Å². The number of rotatable bonds is 2. The molecule has 6 heteroatoms. The van der Waals surface area contributed by atoms with Crippen LogP contribution in [0, 0.1) is 5.92 Å². The summed E-state index contributed by atoms with van der Waals surface area (Å²) in [7, 11) is 0. The number of nitrogens with zero attached hydrogens (tertiary/aromatic N) is 1. The Kier molecular flexibility index (Phi) is 3.56. The summed E-state index contributed by atoms with van der Waals surface area (Å²) >= 11 is 0.